The molecule has 1 atom stereocenters. The smallest absolute Gasteiger partial charge is 0.123 e. The molecule has 4 heteroatoms. The van der Waals surface area contributed by atoms with Crippen LogP contribution in [0.1, 0.15) is 5.56 Å². The van der Waals surface area contributed by atoms with E-state index in [1.807, 2.05) is 12.2 Å². The number of aliphatic hydroxyl groups is 1. The van der Waals surface area contributed by atoms with Crippen LogP contribution in [0.15, 0.2) is 30.3 Å². The molecule has 1 aromatic carbocycles. The quantitative estimate of drug-likeness (QED) is 0.884. The SMILES string of the molecule is OC1COCCN(C/C=C/c2ccc(F)cc2)C1. The van der Waals surface area contributed by atoms with Crippen LogP contribution in [-0.2, 0) is 4.74 Å². The van der Waals surface area contributed by atoms with Gasteiger partial charge in [0.1, 0.15) is 5.82 Å². The topological polar surface area (TPSA) is 32.7 Å². The Morgan fingerprint density at radius 2 is 2.17 bits per heavy atom. The maximum absolute atomic E-state index is 12.7. The van der Waals surface area contributed by atoms with Crippen LogP contribution in [0.5, 0.6) is 0 Å². The maximum atomic E-state index is 12.7. The second-order valence-electron chi connectivity index (χ2n) is 4.44. The van der Waals surface area contributed by atoms with Gasteiger partial charge in [0.2, 0.25) is 0 Å². The van der Waals surface area contributed by atoms with Gasteiger partial charge in [-0.15, -0.1) is 0 Å². The molecule has 1 saturated heterocycles. The number of hydrogen-bond donors (Lipinski definition) is 1. The summed E-state index contributed by atoms with van der Waals surface area (Å²) in [6, 6.07) is 6.38. The summed E-state index contributed by atoms with van der Waals surface area (Å²) >= 11 is 0. The van der Waals surface area contributed by atoms with Crippen molar-refractivity contribution in [1.82, 2.24) is 4.90 Å². The van der Waals surface area contributed by atoms with E-state index in [0.29, 0.717) is 19.8 Å². The fraction of sp³-hybridized carbons (Fsp3) is 0.429. The molecule has 0 saturated carbocycles. The van der Waals surface area contributed by atoms with Crippen LogP contribution >= 0.6 is 0 Å². The molecule has 1 fully saturated rings. The fourth-order valence-electron chi connectivity index (χ4n) is 1.93. The Morgan fingerprint density at radius 3 is 2.94 bits per heavy atom. The van der Waals surface area contributed by atoms with E-state index >= 15 is 0 Å². The van der Waals surface area contributed by atoms with Gasteiger partial charge in [-0.1, -0.05) is 24.3 Å². The van der Waals surface area contributed by atoms with E-state index in [2.05, 4.69) is 4.90 Å². The molecule has 1 aliphatic rings. The normalized spacial score (nSPS) is 22.2. The molecule has 2 rings (SSSR count). The second-order valence-corrected chi connectivity index (χ2v) is 4.44. The molecular weight excluding hydrogens is 233 g/mol. The number of nitrogens with zero attached hydrogens (tertiary/aromatic N) is 1. The molecule has 0 bridgehead atoms. The summed E-state index contributed by atoms with van der Waals surface area (Å²) in [4.78, 5) is 2.14. The highest BCUT2D eigenvalue weighted by Gasteiger charge is 2.14. The zero-order chi connectivity index (χ0) is 12.8. The first-order chi connectivity index (χ1) is 8.74. The van der Waals surface area contributed by atoms with E-state index in [4.69, 9.17) is 4.74 Å². The van der Waals surface area contributed by atoms with Crippen LogP contribution in [0.3, 0.4) is 0 Å². The Labute approximate surface area is 106 Å². The van der Waals surface area contributed by atoms with Crippen molar-refractivity contribution in [2.45, 2.75) is 6.10 Å². The maximum Gasteiger partial charge on any atom is 0.123 e. The van der Waals surface area contributed by atoms with E-state index in [-0.39, 0.29) is 5.82 Å². The van der Waals surface area contributed by atoms with Crippen LogP contribution in [0, 0.1) is 5.82 Å². The summed E-state index contributed by atoms with van der Waals surface area (Å²) in [6.07, 6.45) is 3.56. The minimum Gasteiger partial charge on any atom is -0.389 e. The summed E-state index contributed by atoms with van der Waals surface area (Å²) in [6.45, 7) is 3.29. The van der Waals surface area contributed by atoms with Crippen LogP contribution in [0.2, 0.25) is 0 Å². The third-order valence-corrected chi connectivity index (χ3v) is 2.87. The Kier molecular flexibility index (Phi) is 4.87. The molecule has 0 aromatic heterocycles. The largest absolute Gasteiger partial charge is 0.389 e. The van der Waals surface area contributed by atoms with Crippen molar-refractivity contribution in [3.63, 3.8) is 0 Å². The van der Waals surface area contributed by atoms with Crippen molar-refractivity contribution < 1.29 is 14.2 Å². The Bertz CT molecular complexity index is 391. The van der Waals surface area contributed by atoms with Gasteiger partial charge < -0.3 is 9.84 Å². The predicted octanol–water partition coefficient (Wildman–Crippen LogP) is 1.53. The number of benzene rings is 1. The summed E-state index contributed by atoms with van der Waals surface area (Å²) in [5.74, 6) is -0.222. The molecule has 1 aliphatic heterocycles. The molecule has 1 heterocycles. The lowest BCUT2D eigenvalue weighted by atomic mass is 10.2. The first-order valence-electron chi connectivity index (χ1n) is 6.14. The molecule has 98 valence electrons. The predicted molar refractivity (Wildman–Crippen MR) is 68.7 cm³/mol. The number of β-amino-alcohol motifs (C(OH)–C–C–N with tert-alkyl or cyclic N) is 1. The first-order valence-corrected chi connectivity index (χ1v) is 6.14. The number of aliphatic hydroxyl groups excluding tert-OH is 1. The van der Waals surface area contributed by atoms with Gasteiger partial charge in [0.25, 0.3) is 0 Å². The zero-order valence-corrected chi connectivity index (χ0v) is 10.3. The summed E-state index contributed by atoms with van der Waals surface area (Å²) < 4.78 is 18.0. The molecular formula is C14H18FNO2. The lowest BCUT2D eigenvalue weighted by molar-refractivity contribution is 0.0569. The third kappa shape index (κ3) is 4.22. The zero-order valence-electron chi connectivity index (χ0n) is 10.3. The van der Waals surface area contributed by atoms with Crippen molar-refractivity contribution in [1.29, 1.82) is 0 Å². The monoisotopic (exact) mass is 251 g/mol. The molecule has 0 spiro atoms. The molecule has 0 amide bonds. The highest BCUT2D eigenvalue weighted by Crippen LogP contribution is 2.05. The van der Waals surface area contributed by atoms with E-state index < -0.39 is 6.10 Å². The van der Waals surface area contributed by atoms with Crippen molar-refractivity contribution in [3.05, 3.63) is 41.7 Å². The third-order valence-electron chi connectivity index (χ3n) is 2.87. The minimum atomic E-state index is -0.410. The van der Waals surface area contributed by atoms with E-state index in [1.165, 1.54) is 12.1 Å². The number of halogens is 1. The van der Waals surface area contributed by atoms with Crippen LogP contribution in [-0.4, -0.2) is 49.0 Å². The summed E-state index contributed by atoms with van der Waals surface area (Å²) in [5.41, 5.74) is 0.975. The van der Waals surface area contributed by atoms with Crippen molar-refractivity contribution in [2.24, 2.45) is 0 Å². The Balaban J connectivity index is 1.84. The molecule has 0 aliphatic carbocycles. The van der Waals surface area contributed by atoms with Crippen molar-refractivity contribution in [3.8, 4) is 0 Å². The van der Waals surface area contributed by atoms with Gasteiger partial charge in [-0.3, -0.25) is 4.90 Å². The Morgan fingerprint density at radius 1 is 1.39 bits per heavy atom. The fourth-order valence-corrected chi connectivity index (χ4v) is 1.93. The van der Waals surface area contributed by atoms with Crippen molar-refractivity contribution >= 4 is 6.08 Å². The molecule has 1 aromatic rings. The average Bonchev–Trinajstić information content (AvgIpc) is 2.56. The van der Waals surface area contributed by atoms with E-state index in [0.717, 1.165) is 18.7 Å². The molecule has 0 radical (unpaired) electrons. The number of rotatable bonds is 3. The van der Waals surface area contributed by atoms with Crippen LogP contribution in [0.4, 0.5) is 4.39 Å². The highest BCUT2D eigenvalue weighted by atomic mass is 19.1. The van der Waals surface area contributed by atoms with Gasteiger partial charge in [0.15, 0.2) is 0 Å². The molecule has 18 heavy (non-hydrogen) atoms. The standard InChI is InChI=1S/C14H18FNO2/c15-13-5-3-12(4-6-13)2-1-7-16-8-9-18-11-14(17)10-16/h1-6,14,17H,7-11H2/b2-1+. The van der Waals surface area contributed by atoms with Gasteiger partial charge >= 0.3 is 0 Å². The van der Waals surface area contributed by atoms with Gasteiger partial charge in [-0.2, -0.15) is 0 Å². The van der Waals surface area contributed by atoms with Crippen LogP contribution < -0.4 is 0 Å². The van der Waals surface area contributed by atoms with E-state index in [1.54, 1.807) is 12.1 Å². The van der Waals surface area contributed by atoms with Crippen LogP contribution in [0.25, 0.3) is 6.08 Å². The lowest BCUT2D eigenvalue weighted by Gasteiger charge is -2.18. The number of hydrogen-bond acceptors (Lipinski definition) is 3. The molecule has 1 unspecified atom stereocenters. The second kappa shape index (κ2) is 6.64. The van der Waals surface area contributed by atoms with Gasteiger partial charge in [-0.05, 0) is 17.7 Å². The summed E-state index contributed by atoms with van der Waals surface area (Å²) in [5, 5.41) is 9.57. The van der Waals surface area contributed by atoms with Gasteiger partial charge in [0.05, 0.1) is 19.3 Å². The van der Waals surface area contributed by atoms with E-state index in [9.17, 15) is 9.50 Å². The van der Waals surface area contributed by atoms with Crippen molar-refractivity contribution in [2.75, 3.05) is 32.8 Å². The lowest BCUT2D eigenvalue weighted by Crippen LogP contribution is -2.32. The molecule has 3 nitrogen and oxygen atoms in total. The minimum absolute atomic E-state index is 0.222. The first kappa shape index (κ1) is 13.2. The van der Waals surface area contributed by atoms with Gasteiger partial charge in [0, 0.05) is 19.6 Å². The van der Waals surface area contributed by atoms with Gasteiger partial charge in [-0.25, -0.2) is 4.39 Å². The number of ether oxygens (including phenoxy) is 1. The molecule has 1 N–H and O–H groups in total. The summed E-state index contributed by atoms with van der Waals surface area (Å²) in [7, 11) is 0. The Hall–Kier alpha value is -1.23. The highest BCUT2D eigenvalue weighted by molar-refractivity contribution is 5.48. The average molecular weight is 251 g/mol.